The fraction of sp³-hybridized carbons (Fsp3) is 0.455. The maximum Gasteiger partial charge on any atom is 0.0671 e. The average molecular weight is 265 g/mol. The van der Waals surface area contributed by atoms with Crippen LogP contribution in [0.5, 0.6) is 0 Å². The van der Waals surface area contributed by atoms with E-state index in [4.69, 9.17) is 23.2 Å². The van der Waals surface area contributed by atoms with Crippen LogP contribution >= 0.6 is 35.0 Å². The highest BCUT2D eigenvalue weighted by Gasteiger charge is 2.11. The molecular weight excluding hydrogens is 251 g/mol. The van der Waals surface area contributed by atoms with Crippen molar-refractivity contribution in [3.05, 3.63) is 33.8 Å². The SMILES string of the molecule is CCSCC(O)Cc1c(Cl)cccc1Cl. The van der Waals surface area contributed by atoms with Gasteiger partial charge in [-0.2, -0.15) is 11.8 Å². The number of aliphatic hydroxyl groups excluding tert-OH is 1. The van der Waals surface area contributed by atoms with E-state index in [9.17, 15) is 5.11 Å². The van der Waals surface area contributed by atoms with E-state index in [1.54, 1.807) is 30.0 Å². The van der Waals surface area contributed by atoms with Crippen LogP contribution in [-0.4, -0.2) is 22.7 Å². The fourth-order valence-electron chi connectivity index (χ4n) is 1.28. The summed E-state index contributed by atoms with van der Waals surface area (Å²) in [4.78, 5) is 0. The second-order valence-corrected chi connectivity index (χ2v) is 5.35. The molecule has 1 N–H and O–H groups in total. The lowest BCUT2D eigenvalue weighted by Gasteiger charge is -2.12. The molecule has 0 fully saturated rings. The van der Waals surface area contributed by atoms with E-state index in [2.05, 4.69) is 6.92 Å². The van der Waals surface area contributed by atoms with Crippen LogP contribution in [0.2, 0.25) is 10.0 Å². The predicted octanol–water partition coefficient (Wildman–Crippen LogP) is 3.65. The van der Waals surface area contributed by atoms with Crippen LogP contribution in [0, 0.1) is 0 Å². The first-order valence-electron chi connectivity index (χ1n) is 4.83. The molecule has 84 valence electrons. The van der Waals surface area contributed by atoms with E-state index in [1.165, 1.54) is 0 Å². The molecule has 1 atom stereocenters. The van der Waals surface area contributed by atoms with Gasteiger partial charge in [0.15, 0.2) is 0 Å². The lowest BCUT2D eigenvalue weighted by Crippen LogP contribution is -2.14. The Morgan fingerprint density at radius 1 is 1.33 bits per heavy atom. The molecule has 0 radical (unpaired) electrons. The summed E-state index contributed by atoms with van der Waals surface area (Å²) >= 11 is 13.7. The fourth-order valence-corrected chi connectivity index (χ4v) is 2.45. The van der Waals surface area contributed by atoms with Crippen molar-refractivity contribution in [1.82, 2.24) is 0 Å². The second-order valence-electron chi connectivity index (χ2n) is 3.22. The van der Waals surface area contributed by atoms with Gasteiger partial charge in [-0.05, 0) is 23.4 Å². The summed E-state index contributed by atoms with van der Waals surface area (Å²) in [6.07, 6.45) is 0.137. The topological polar surface area (TPSA) is 20.2 Å². The van der Waals surface area contributed by atoms with Crippen LogP contribution in [0.4, 0.5) is 0 Å². The summed E-state index contributed by atoms with van der Waals surface area (Å²) in [5.41, 5.74) is 0.838. The van der Waals surface area contributed by atoms with Crippen LogP contribution in [0.3, 0.4) is 0 Å². The van der Waals surface area contributed by atoms with Crippen molar-refractivity contribution in [2.75, 3.05) is 11.5 Å². The Hall–Kier alpha value is 0.110. The van der Waals surface area contributed by atoms with Crippen LogP contribution < -0.4 is 0 Å². The first kappa shape index (κ1) is 13.2. The molecule has 0 saturated carbocycles. The summed E-state index contributed by atoms with van der Waals surface area (Å²) in [5.74, 6) is 1.73. The summed E-state index contributed by atoms with van der Waals surface area (Å²) < 4.78 is 0. The van der Waals surface area contributed by atoms with Crippen molar-refractivity contribution in [3.8, 4) is 0 Å². The molecule has 1 nitrogen and oxygen atoms in total. The van der Waals surface area contributed by atoms with Crippen molar-refractivity contribution in [1.29, 1.82) is 0 Å². The molecule has 0 aliphatic heterocycles. The maximum atomic E-state index is 9.74. The third-order valence-corrected chi connectivity index (χ3v) is 3.75. The zero-order chi connectivity index (χ0) is 11.3. The average Bonchev–Trinajstić information content (AvgIpc) is 2.21. The number of thioether (sulfide) groups is 1. The molecule has 1 aromatic carbocycles. The van der Waals surface area contributed by atoms with Gasteiger partial charge < -0.3 is 5.11 Å². The van der Waals surface area contributed by atoms with Crippen molar-refractivity contribution in [2.45, 2.75) is 19.4 Å². The zero-order valence-electron chi connectivity index (χ0n) is 8.54. The molecule has 0 aromatic heterocycles. The van der Waals surface area contributed by atoms with E-state index in [0.717, 1.165) is 17.1 Å². The van der Waals surface area contributed by atoms with Crippen LogP contribution in [0.1, 0.15) is 12.5 Å². The van der Waals surface area contributed by atoms with Gasteiger partial charge in [0, 0.05) is 22.2 Å². The molecule has 0 bridgehead atoms. The van der Waals surface area contributed by atoms with Gasteiger partial charge in [-0.1, -0.05) is 36.2 Å². The highest BCUT2D eigenvalue weighted by molar-refractivity contribution is 7.99. The van der Waals surface area contributed by atoms with E-state index >= 15 is 0 Å². The van der Waals surface area contributed by atoms with Gasteiger partial charge in [0.2, 0.25) is 0 Å². The van der Waals surface area contributed by atoms with E-state index < -0.39 is 0 Å². The molecule has 1 unspecified atom stereocenters. The molecule has 0 saturated heterocycles. The minimum Gasteiger partial charge on any atom is -0.392 e. The van der Waals surface area contributed by atoms with Crippen molar-refractivity contribution < 1.29 is 5.11 Å². The molecule has 15 heavy (non-hydrogen) atoms. The molecule has 1 rings (SSSR count). The van der Waals surface area contributed by atoms with Crippen LogP contribution in [-0.2, 0) is 6.42 Å². The summed E-state index contributed by atoms with van der Waals surface area (Å²) in [5, 5.41) is 11.0. The number of hydrogen-bond donors (Lipinski definition) is 1. The molecule has 0 aliphatic rings. The van der Waals surface area contributed by atoms with Gasteiger partial charge in [-0.3, -0.25) is 0 Å². The minimum atomic E-state index is -0.382. The third kappa shape index (κ3) is 4.23. The van der Waals surface area contributed by atoms with Crippen molar-refractivity contribution in [2.24, 2.45) is 0 Å². The third-order valence-electron chi connectivity index (χ3n) is 2.02. The Labute approximate surface area is 105 Å². The van der Waals surface area contributed by atoms with Crippen LogP contribution in [0.15, 0.2) is 18.2 Å². The van der Waals surface area contributed by atoms with Gasteiger partial charge in [0.25, 0.3) is 0 Å². The molecule has 4 heteroatoms. The Balaban J connectivity index is 2.63. The van der Waals surface area contributed by atoms with E-state index in [-0.39, 0.29) is 6.10 Å². The monoisotopic (exact) mass is 264 g/mol. The van der Waals surface area contributed by atoms with Gasteiger partial charge >= 0.3 is 0 Å². The standard InChI is InChI=1S/C11H14Cl2OS/c1-2-15-7-8(14)6-9-10(12)4-3-5-11(9)13/h3-5,8,14H,2,6-7H2,1H3. The van der Waals surface area contributed by atoms with Gasteiger partial charge in [0.05, 0.1) is 6.10 Å². The first-order chi connectivity index (χ1) is 7.15. The van der Waals surface area contributed by atoms with Crippen molar-refractivity contribution >= 4 is 35.0 Å². The Morgan fingerprint density at radius 3 is 2.47 bits per heavy atom. The highest BCUT2D eigenvalue weighted by atomic mass is 35.5. The van der Waals surface area contributed by atoms with Gasteiger partial charge in [-0.15, -0.1) is 0 Å². The van der Waals surface area contributed by atoms with Crippen LogP contribution in [0.25, 0.3) is 0 Å². The van der Waals surface area contributed by atoms with Crippen molar-refractivity contribution in [3.63, 3.8) is 0 Å². The summed E-state index contributed by atoms with van der Waals surface area (Å²) in [7, 11) is 0. The smallest absolute Gasteiger partial charge is 0.0671 e. The number of rotatable bonds is 5. The number of halogens is 2. The predicted molar refractivity (Wildman–Crippen MR) is 69.2 cm³/mol. The Kier molecular flexibility index (Phi) is 5.83. The number of hydrogen-bond acceptors (Lipinski definition) is 2. The quantitative estimate of drug-likeness (QED) is 0.876. The van der Waals surface area contributed by atoms with Gasteiger partial charge in [0.1, 0.15) is 0 Å². The van der Waals surface area contributed by atoms with E-state index in [1.807, 2.05) is 0 Å². The van der Waals surface area contributed by atoms with Gasteiger partial charge in [-0.25, -0.2) is 0 Å². The molecule has 1 aromatic rings. The Bertz CT molecular complexity index is 297. The molecular formula is C11H14Cl2OS. The Morgan fingerprint density at radius 2 is 1.93 bits per heavy atom. The lowest BCUT2D eigenvalue weighted by molar-refractivity contribution is 0.200. The highest BCUT2D eigenvalue weighted by Crippen LogP contribution is 2.26. The first-order valence-corrected chi connectivity index (χ1v) is 6.75. The normalized spacial score (nSPS) is 12.8. The largest absolute Gasteiger partial charge is 0.392 e. The number of aliphatic hydroxyl groups is 1. The molecule has 0 amide bonds. The minimum absolute atomic E-state index is 0.382. The second kappa shape index (κ2) is 6.64. The lowest BCUT2D eigenvalue weighted by atomic mass is 10.1. The number of benzene rings is 1. The molecule has 0 heterocycles. The summed E-state index contributed by atoms with van der Waals surface area (Å²) in [6.45, 7) is 2.07. The van der Waals surface area contributed by atoms with E-state index in [0.29, 0.717) is 16.5 Å². The molecule has 0 aliphatic carbocycles. The summed E-state index contributed by atoms with van der Waals surface area (Å²) in [6, 6.07) is 5.40. The maximum absolute atomic E-state index is 9.74. The molecule has 0 spiro atoms. The zero-order valence-corrected chi connectivity index (χ0v) is 10.9.